The van der Waals surface area contributed by atoms with Crippen LogP contribution in [-0.4, -0.2) is 25.8 Å². The van der Waals surface area contributed by atoms with Crippen LogP contribution in [-0.2, 0) is 6.42 Å². The average Bonchev–Trinajstić information content (AvgIpc) is 2.71. The van der Waals surface area contributed by atoms with Crippen molar-refractivity contribution in [3.05, 3.63) is 47.5 Å². The molecule has 1 aliphatic heterocycles. The van der Waals surface area contributed by atoms with E-state index in [1.54, 1.807) is 19.2 Å². The molecule has 0 radical (unpaired) electrons. The van der Waals surface area contributed by atoms with Gasteiger partial charge in [-0.1, -0.05) is 44.4 Å². The quantitative estimate of drug-likeness (QED) is 0.640. The van der Waals surface area contributed by atoms with Crippen LogP contribution in [0.25, 0.3) is 0 Å². The van der Waals surface area contributed by atoms with Crippen LogP contribution < -0.4 is 14.8 Å². The lowest BCUT2D eigenvalue weighted by Gasteiger charge is -2.16. The minimum Gasteiger partial charge on any atom is -0.493 e. The third kappa shape index (κ3) is 4.91. The molecular weight excluding hydrogens is 352 g/mol. The zero-order valence-electron chi connectivity index (χ0n) is 16.7. The number of para-hydroxylation sites is 1. The van der Waals surface area contributed by atoms with E-state index in [1.165, 1.54) is 12.8 Å². The van der Waals surface area contributed by atoms with Crippen LogP contribution in [0.5, 0.6) is 11.5 Å². The van der Waals surface area contributed by atoms with E-state index in [0.29, 0.717) is 29.4 Å². The second-order valence-corrected chi connectivity index (χ2v) is 6.89. The van der Waals surface area contributed by atoms with Crippen LogP contribution >= 0.6 is 0 Å². The van der Waals surface area contributed by atoms with E-state index in [0.717, 1.165) is 36.9 Å². The van der Waals surface area contributed by atoms with Gasteiger partial charge in [-0.25, -0.2) is 0 Å². The number of rotatable bonds is 7. The molecule has 0 aliphatic carbocycles. The Bertz CT molecular complexity index is 846. The van der Waals surface area contributed by atoms with E-state index in [-0.39, 0.29) is 5.91 Å². The third-order valence-electron chi connectivity index (χ3n) is 4.82. The van der Waals surface area contributed by atoms with Crippen LogP contribution in [0.2, 0.25) is 0 Å². The fourth-order valence-corrected chi connectivity index (χ4v) is 3.25. The summed E-state index contributed by atoms with van der Waals surface area (Å²) in [4.78, 5) is 17.5. The average molecular weight is 380 g/mol. The highest BCUT2D eigenvalue weighted by Gasteiger charge is 2.19. The number of benzene rings is 2. The van der Waals surface area contributed by atoms with E-state index in [9.17, 15) is 4.79 Å². The summed E-state index contributed by atoms with van der Waals surface area (Å²) in [6, 6.07) is 11.4. The van der Waals surface area contributed by atoms with Crippen LogP contribution in [0, 0.1) is 0 Å². The molecule has 2 aromatic carbocycles. The predicted molar refractivity (Wildman–Crippen MR) is 113 cm³/mol. The SMILES string of the molecule is CCCCCCOc1cc2c(cc1OC)C(=O)Nc1ccccc1CCC=N2. The van der Waals surface area contributed by atoms with Crippen molar-refractivity contribution in [2.75, 3.05) is 19.0 Å². The van der Waals surface area contributed by atoms with Gasteiger partial charge in [0.1, 0.15) is 0 Å². The van der Waals surface area contributed by atoms with Crippen molar-refractivity contribution >= 4 is 23.5 Å². The highest BCUT2D eigenvalue weighted by atomic mass is 16.5. The topological polar surface area (TPSA) is 59.9 Å². The number of nitrogens with zero attached hydrogens (tertiary/aromatic N) is 1. The van der Waals surface area contributed by atoms with E-state index in [4.69, 9.17) is 9.47 Å². The summed E-state index contributed by atoms with van der Waals surface area (Å²) in [7, 11) is 1.59. The maximum Gasteiger partial charge on any atom is 0.258 e. The Kier molecular flexibility index (Phi) is 7.06. The first kappa shape index (κ1) is 19.9. The van der Waals surface area contributed by atoms with Gasteiger partial charge in [-0.3, -0.25) is 9.79 Å². The number of anilines is 1. The second-order valence-electron chi connectivity index (χ2n) is 6.89. The summed E-state index contributed by atoms with van der Waals surface area (Å²) in [5.41, 5.74) is 3.01. The minimum absolute atomic E-state index is 0.200. The van der Waals surface area contributed by atoms with Crippen LogP contribution in [0.1, 0.15) is 54.9 Å². The summed E-state index contributed by atoms with van der Waals surface area (Å²) in [5.74, 6) is 0.972. The Labute approximate surface area is 166 Å². The first-order valence-electron chi connectivity index (χ1n) is 9.99. The Balaban J connectivity index is 1.87. The molecule has 0 saturated heterocycles. The van der Waals surface area contributed by atoms with Crippen molar-refractivity contribution < 1.29 is 14.3 Å². The summed E-state index contributed by atoms with van der Waals surface area (Å²) in [5, 5.41) is 3.01. The lowest BCUT2D eigenvalue weighted by Crippen LogP contribution is -2.15. The highest BCUT2D eigenvalue weighted by molar-refractivity contribution is 6.09. The van der Waals surface area contributed by atoms with Crippen LogP contribution in [0.15, 0.2) is 41.4 Å². The van der Waals surface area contributed by atoms with Crippen molar-refractivity contribution in [2.24, 2.45) is 4.99 Å². The molecule has 0 atom stereocenters. The van der Waals surface area contributed by atoms with Gasteiger partial charge in [-0.05, 0) is 37.0 Å². The molecule has 0 unspecified atom stereocenters. The Morgan fingerprint density at radius 1 is 1.11 bits per heavy atom. The maximum absolute atomic E-state index is 12.9. The van der Waals surface area contributed by atoms with Crippen molar-refractivity contribution in [3.63, 3.8) is 0 Å². The first-order valence-corrected chi connectivity index (χ1v) is 9.99. The van der Waals surface area contributed by atoms with Crippen molar-refractivity contribution in [1.29, 1.82) is 0 Å². The molecular formula is C23H28N2O3. The summed E-state index contributed by atoms with van der Waals surface area (Å²) in [6.07, 6.45) is 8.02. The number of unbranched alkanes of at least 4 members (excludes halogenated alkanes) is 3. The number of hydrogen-bond acceptors (Lipinski definition) is 4. The van der Waals surface area contributed by atoms with Gasteiger partial charge < -0.3 is 14.8 Å². The fraction of sp³-hybridized carbons (Fsp3) is 0.391. The standard InChI is InChI=1S/C23H28N2O3/c1-3-4-5-8-14-28-22-16-20-18(15-21(22)27-2)23(26)25-19-12-7-6-10-17(19)11-9-13-24-20/h6-7,10,12-13,15-16H,3-5,8-9,11,14H2,1-2H3,(H,25,26). The van der Waals surface area contributed by atoms with Gasteiger partial charge >= 0.3 is 0 Å². The molecule has 1 amide bonds. The zero-order chi connectivity index (χ0) is 19.8. The van der Waals surface area contributed by atoms with Crippen molar-refractivity contribution in [3.8, 4) is 11.5 Å². The Hall–Kier alpha value is -2.82. The number of amides is 1. The number of carbonyl (C=O) groups excluding carboxylic acids is 1. The molecule has 5 heteroatoms. The van der Waals surface area contributed by atoms with Gasteiger partial charge in [0.05, 0.1) is 25.0 Å². The van der Waals surface area contributed by atoms with Crippen molar-refractivity contribution in [2.45, 2.75) is 45.4 Å². The predicted octanol–water partition coefficient (Wildman–Crippen LogP) is 5.56. The lowest BCUT2D eigenvalue weighted by atomic mass is 10.1. The van der Waals surface area contributed by atoms with Gasteiger partial charge in [0.2, 0.25) is 0 Å². The number of hydrogen-bond donors (Lipinski definition) is 1. The molecule has 2 aromatic rings. The monoisotopic (exact) mass is 380 g/mol. The lowest BCUT2D eigenvalue weighted by molar-refractivity contribution is 0.102. The highest BCUT2D eigenvalue weighted by Crippen LogP contribution is 2.36. The molecule has 0 spiro atoms. The fourth-order valence-electron chi connectivity index (χ4n) is 3.25. The molecule has 0 saturated carbocycles. The molecule has 1 aliphatic rings. The molecule has 28 heavy (non-hydrogen) atoms. The Morgan fingerprint density at radius 3 is 2.79 bits per heavy atom. The van der Waals surface area contributed by atoms with E-state index < -0.39 is 0 Å². The molecule has 148 valence electrons. The molecule has 5 nitrogen and oxygen atoms in total. The summed E-state index contributed by atoms with van der Waals surface area (Å²) in [6.45, 7) is 2.81. The van der Waals surface area contributed by atoms with Crippen molar-refractivity contribution in [1.82, 2.24) is 0 Å². The van der Waals surface area contributed by atoms with Gasteiger partial charge in [0, 0.05) is 18.0 Å². The van der Waals surface area contributed by atoms with Gasteiger partial charge in [0.25, 0.3) is 5.91 Å². The number of nitrogens with one attached hydrogen (secondary N) is 1. The number of carbonyl (C=O) groups is 1. The maximum atomic E-state index is 12.9. The summed E-state index contributed by atoms with van der Waals surface area (Å²) >= 11 is 0. The second kappa shape index (κ2) is 9.93. The van der Waals surface area contributed by atoms with E-state index >= 15 is 0 Å². The number of aryl methyl sites for hydroxylation is 1. The molecule has 0 fully saturated rings. The number of methoxy groups -OCH3 is 1. The van der Waals surface area contributed by atoms with E-state index in [2.05, 4.69) is 17.2 Å². The first-order chi connectivity index (χ1) is 13.7. The molecule has 1 N–H and O–H groups in total. The third-order valence-corrected chi connectivity index (χ3v) is 4.82. The minimum atomic E-state index is -0.200. The van der Waals surface area contributed by atoms with Gasteiger partial charge in [-0.2, -0.15) is 0 Å². The Morgan fingerprint density at radius 2 is 1.96 bits per heavy atom. The summed E-state index contributed by atoms with van der Waals surface area (Å²) < 4.78 is 11.4. The largest absolute Gasteiger partial charge is 0.493 e. The van der Waals surface area contributed by atoms with Gasteiger partial charge in [0.15, 0.2) is 11.5 Å². The molecule has 0 aromatic heterocycles. The number of ether oxygens (including phenoxy) is 2. The molecule has 0 bridgehead atoms. The number of fused-ring (bicyclic) bond motifs is 2. The zero-order valence-corrected chi connectivity index (χ0v) is 16.7. The van der Waals surface area contributed by atoms with Crippen LogP contribution in [0.4, 0.5) is 11.4 Å². The number of aliphatic imine (C=N–C) groups is 1. The molecule has 3 rings (SSSR count). The van der Waals surface area contributed by atoms with Gasteiger partial charge in [-0.15, -0.1) is 0 Å². The molecule has 1 heterocycles. The smallest absolute Gasteiger partial charge is 0.258 e. The van der Waals surface area contributed by atoms with E-state index in [1.807, 2.05) is 30.5 Å². The van der Waals surface area contributed by atoms with Crippen LogP contribution in [0.3, 0.4) is 0 Å². The normalized spacial score (nSPS) is 13.3.